The average molecular weight is 505 g/mol. The van der Waals surface area contributed by atoms with Crippen LogP contribution in [-0.2, 0) is 19.2 Å². The molecule has 0 heterocycles. The molecular formula is C27H34Cl2SiTi-4. The Morgan fingerprint density at radius 2 is 1.45 bits per heavy atom. The van der Waals surface area contributed by atoms with E-state index in [1.54, 1.807) is 19.2 Å². The number of hydrogen-bond acceptors (Lipinski definition) is 0. The van der Waals surface area contributed by atoms with E-state index < -0.39 is 0 Å². The Labute approximate surface area is 216 Å². The van der Waals surface area contributed by atoms with Crippen molar-refractivity contribution in [2.45, 2.75) is 34.6 Å². The van der Waals surface area contributed by atoms with Crippen LogP contribution in [0.4, 0.5) is 0 Å². The van der Waals surface area contributed by atoms with Crippen molar-refractivity contribution < 1.29 is 19.2 Å². The molecule has 3 aromatic carbocycles. The first-order chi connectivity index (χ1) is 13.0. The van der Waals surface area contributed by atoms with Crippen LogP contribution in [0.3, 0.4) is 0 Å². The van der Waals surface area contributed by atoms with Crippen LogP contribution in [0.15, 0.2) is 77.4 Å². The van der Waals surface area contributed by atoms with Crippen LogP contribution in [0.25, 0.3) is 21.9 Å². The SMILES string of the molecule is CC1=[C-]C(C)C(C)=C1C.Cc1cc2c(-c3ccccc3)cccc2[cH-]1.Cl.Cl.[CH3-].[CH3-].[Si]=[Ti]. The summed E-state index contributed by atoms with van der Waals surface area (Å²) >= 11 is 1.81. The van der Waals surface area contributed by atoms with Crippen LogP contribution in [0.1, 0.15) is 33.3 Å². The van der Waals surface area contributed by atoms with E-state index in [2.05, 4.69) is 109 Å². The first-order valence-corrected chi connectivity index (χ1v) is 12.1. The number of benzene rings is 2. The Balaban J connectivity index is -0.000000460. The van der Waals surface area contributed by atoms with Gasteiger partial charge in [0.05, 0.1) is 0 Å². The summed E-state index contributed by atoms with van der Waals surface area (Å²) in [4.78, 5) is 0. The van der Waals surface area contributed by atoms with E-state index in [1.165, 1.54) is 44.2 Å². The van der Waals surface area contributed by atoms with Gasteiger partial charge in [0.25, 0.3) is 0 Å². The molecule has 168 valence electrons. The fourth-order valence-corrected chi connectivity index (χ4v) is 3.42. The second kappa shape index (κ2) is 16.6. The number of allylic oxidation sites excluding steroid dienone is 4. The fourth-order valence-electron chi connectivity index (χ4n) is 3.42. The predicted octanol–water partition coefficient (Wildman–Crippen LogP) is 8.62. The normalized spacial score (nSPS) is 13.5. The molecule has 0 saturated carbocycles. The van der Waals surface area contributed by atoms with Gasteiger partial charge in [-0.25, -0.2) is 5.57 Å². The number of hydrogen-bond donors (Lipinski definition) is 0. The summed E-state index contributed by atoms with van der Waals surface area (Å²) < 4.78 is 0. The van der Waals surface area contributed by atoms with Crippen LogP contribution in [0, 0.1) is 33.8 Å². The van der Waals surface area contributed by atoms with Gasteiger partial charge in [-0.2, -0.15) is 17.2 Å². The second-order valence-electron chi connectivity index (χ2n) is 7.01. The van der Waals surface area contributed by atoms with E-state index in [1.807, 2.05) is 0 Å². The molecule has 0 saturated heterocycles. The molecular weight excluding hydrogens is 471 g/mol. The standard InChI is InChI=1S/C16H13.C9H13.2CH3.2ClH.Si.Ti/c1-12-10-14-8-5-9-15(16(14)11-12)13-6-3-2-4-7-13;1-6-5-7(2)9(4)8(6)3;;;;;;/h2-11H,1H3;6H,1-4H3;2*1H3;2*1H;;/q4*-1;;;;. The summed E-state index contributed by atoms with van der Waals surface area (Å²) in [6.07, 6.45) is 3.36. The molecule has 1 aliphatic carbocycles. The maximum atomic E-state index is 3.36. The van der Waals surface area contributed by atoms with Gasteiger partial charge in [-0.1, -0.05) is 75.6 Å². The second-order valence-corrected chi connectivity index (χ2v) is 7.01. The maximum absolute atomic E-state index is 3.36. The van der Waals surface area contributed by atoms with Crippen molar-refractivity contribution in [1.29, 1.82) is 0 Å². The summed E-state index contributed by atoms with van der Waals surface area (Å²) in [5, 5.41) is 2.69. The quantitative estimate of drug-likeness (QED) is 0.229. The van der Waals surface area contributed by atoms with E-state index in [-0.39, 0.29) is 39.7 Å². The van der Waals surface area contributed by atoms with Gasteiger partial charge in [-0.3, -0.25) is 6.08 Å². The summed E-state index contributed by atoms with van der Waals surface area (Å²) in [6, 6.07) is 21.6. The van der Waals surface area contributed by atoms with Gasteiger partial charge in [0, 0.05) is 0 Å². The van der Waals surface area contributed by atoms with E-state index in [0.29, 0.717) is 5.92 Å². The third kappa shape index (κ3) is 8.83. The van der Waals surface area contributed by atoms with Crippen LogP contribution in [0.2, 0.25) is 0 Å². The molecule has 2 radical (unpaired) electrons. The minimum atomic E-state index is 0. The molecule has 31 heavy (non-hydrogen) atoms. The average Bonchev–Trinajstić information content (AvgIpc) is 3.18. The summed E-state index contributed by atoms with van der Waals surface area (Å²) in [6.45, 7) is 10.8. The molecule has 0 bridgehead atoms. The van der Waals surface area contributed by atoms with Gasteiger partial charge in [0.15, 0.2) is 0 Å². The molecule has 0 nitrogen and oxygen atoms in total. The van der Waals surface area contributed by atoms with Crippen molar-refractivity contribution in [2.75, 3.05) is 0 Å². The minimum absolute atomic E-state index is 0. The van der Waals surface area contributed by atoms with Crippen molar-refractivity contribution in [1.82, 2.24) is 0 Å². The number of aryl methyl sites for hydroxylation is 1. The summed E-state index contributed by atoms with van der Waals surface area (Å²) in [5.74, 6) is 0.560. The molecule has 0 spiro atoms. The van der Waals surface area contributed by atoms with Gasteiger partial charge < -0.3 is 14.9 Å². The predicted molar refractivity (Wildman–Crippen MR) is 143 cm³/mol. The van der Waals surface area contributed by atoms with Gasteiger partial charge in [-0.05, 0) is 5.56 Å². The molecule has 0 fully saturated rings. The molecule has 0 aromatic heterocycles. The molecule has 4 rings (SSSR count). The van der Waals surface area contributed by atoms with Crippen LogP contribution in [-0.4, -0.2) is 7.63 Å². The summed E-state index contributed by atoms with van der Waals surface area (Å²) in [5.41, 5.74) is 8.19. The van der Waals surface area contributed by atoms with Crippen molar-refractivity contribution in [3.63, 3.8) is 0 Å². The molecule has 0 amide bonds. The molecule has 1 unspecified atom stereocenters. The topological polar surface area (TPSA) is 0 Å². The Morgan fingerprint density at radius 3 is 1.90 bits per heavy atom. The number of fused-ring (bicyclic) bond motifs is 1. The Kier molecular flexibility index (Phi) is 18.6. The van der Waals surface area contributed by atoms with E-state index in [0.717, 1.165) is 0 Å². The van der Waals surface area contributed by atoms with Gasteiger partial charge in [-0.15, -0.1) is 66.3 Å². The Bertz CT molecular complexity index is 971. The van der Waals surface area contributed by atoms with Crippen LogP contribution in [0.5, 0.6) is 0 Å². The van der Waals surface area contributed by atoms with Crippen LogP contribution < -0.4 is 0 Å². The van der Waals surface area contributed by atoms with Gasteiger partial charge in [0.2, 0.25) is 0 Å². The Hall–Kier alpha value is -0.959. The molecule has 0 aliphatic heterocycles. The van der Waals surface area contributed by atoms with Crippen molar-refractivity contribution >= 4 is 43.2 Å². The monoisotopic (exact) mass is 504 g/mol. The fraction of sp³-hybridized carbons (Fsp3) is 0.222. The summed E-state index contributed by atoms with van der Waals surface area (Å²) in [7, 11) is 2.97. The van der Waals surface area contributed by atoms with Crippen molar-refractivity contribution in [3.05, 3.63) is 104 Å². The first kappa shape index (κ1) is 34.6. The zero-order chi connectivity index (χ0) is 20.0. The molecule has 3 aromatic rings. The van der Waals surface area contributed by atoms with Crippen molar-refractivity contribution in [3.8, 4) is 11.1 Å². The molecule has 4 heteroatoms. The number of halogens is 2. The first-order valence-electron chi connectivity index (χ1n) is 9.21. The molecule has 0 N–H and O–H groups in total. The molecule has 1 atom stereocenters. The van der Waals surface area contributed by atoms with Crippen molar-refractivity contribution in [2.24, 2.45) is 5.92 Å². The third-order valence-electron chi connectivity index (χ3n) is 5.22. The van der Waals surface area contributed by atoms with E-state index in [9.17, 15) is 0 Å². The van der Waals surface area contributed by atoms with Gasteiger partial charge in [0.1, 0.15) is 0 Å². The number of rotatable bonds is 1. The Morgan fingerprint density at radius 1 is 0.871 bits per heavy atom. The third-order valence-corrected chi connectivity index (χ3v) is 5.22. The zero-order valence-corrected chi connectivity index (χ0v) is 23.9. The van der Waals surface area contributed by atoms with E-state index in [4.69, 9.17) is 0 Å². The van der Waals surface area contributed by atoms with E-state index >= 15 is 0 Å². The van der Waals surface area contributed by atoms with Gasteiger partial charge >= 0.3 is 26.8 Å². The molecule has 1 aliphatic rings. The van der Waals surface area contributed by atoms with Crippen LogP contribution >= 0.6 is 24.8 Å². The zero-order valence-electron chi connectivity index (χ0n) is 19.7.